The number of nitrogens with zero attached hydrogens (tertiary/aromatic N) is 5. The molecule has 36 heavy (non-hydrogen) atoms. The van der Waals surface area contributed by atoms with Crippen molar-refractivity contribution in [1.82, 2.24) is 19.4 Å². The number of nitrogens with two attached hydrogens (primary N) is 1. The minimum absolute atomic E-state index is 0.103. The van der Waals surface area contributed by atoms with E-state index in [1.54, 1.807) is 30.2 Å². The number of aromatic nitrogens is 3. The number of likely N-dealkylation sites (N-methyl/N-ethyl adjacent to an activating group) is 2. The Balaban J connectivity index is 1.51. The Bertz CT molecular complexity index is 1460. The molecule has 1 aliphatic carbocycles. The quantitative estimate of drug-likeness (QED) is 0.321. The van der Waals surface area contributed by atoms with Crippen molar-refractivity contribution in [2.24, 2.45) is 0 Å². The second-order valence-electron chi connectivity index (χ2n) is 8.96. The lowest BCUT2D eigenvalue weighted by atomic mass is 10.1. The highest BCUT2D eigenvalue weighted by atomic mass is 35.5. The zero-order valence-corrected chi connectivity index (χ0v) is 21.5. The number of halogens is 2. The van der Waals surface area contributed by atoms with Gasteiger partial charge in [0.25, 0.3) is 0 Å². The summed E-state index contributed by atoms with van der Waals surface area (Å²) in [4.78, 5) is 25.4. The first-order chi connectivity index (χ1) is 17.3. The van der Waals surface area contributed by atoms with E-state index in [1.165, 1.54) is 19.2 Å². The summed E-state index contributed by atoms with van der Waals surface area (Å²) < 4.78 is 1.82. The summed E-state index contributed by atoms with van der Waals surface area (Å²) in [6.07, 6.45) is 7.42. The average Bonchev–Trinajstić information content (AvgIpc) is 3.68. The van der Waals surface area contributed by atoms with E-state index in [0.29, 0.717) is 33.1 Å². The predicted octanol–water partition coefficient (Wildman–Crippen LogP) is 5.59. The number of nitrogen functional groups attached to an aromatic ring is 1. The van der Waals surface area contributed by atoms with Crippen molar-refractivity contribution in [3.05, 3.63) is 77.2 Å². The van der Waals surface area contributed by atoms with E-state index in [4.69, 9.17) is 28.9 Å². The van der Waals surface area contributed by atoms with Crippen LogP contribution in [-0.2, 0) is 4.79 Å². The molecule has 1 aliphatic rings. The van der Waals surface area contributed by atoms with Gasteiger partial charge in [0.2, 0.25) is 5.91 Å². The van der Waals surface area contributed by atoms with Crippen molar-refractivity contribution >= 4 is 51.6 Å². The van der Waals surface area contributed by atoms with Gasteiger partial charge in [0.1, 0.15) is 17.3 Å². The van der Waals surface area contributed by atoms with Crippen LogP contribution in [0.2, 0.25) is 10.2 Å². The summed E-state index contributed by atoms with van der Waals surface area (Å²) in [5.74, 6) is 0.226. The van der Waals surface area contributed by atoms with E-state index in [2.05, 4.69) is 21.9 Å². The van der Waals surface area contributed by atoms with Gasteiger partial charge in [-0.25, -0.2) is 9.97 Å². The van der Waals surface area contributed by atoms with E-state index >= 15 is 0 Å². The lowest BCUT2D eigenvalue weighted by Gasteiger charge is -2.18. The number of amides is 1. The van der Waals surface area contributed by atoms with E-state index in [1.807, 2.05) is 47.0 Å². The van der Waals surface area contributed by atoms with Gasteiger partial charge in [-0.3, -0.25) is 14.3 Å². The molecule has 7 nitrogen and oxygen atoms in total. The molecule has 0 atom stereocenters. The fraction of sp³-hybridized carbons (Fsp3) is 0.222. The van der Waals surface area contributed by atoms with Gasteiger partial charge in [-0.2, -0.15) is 0 Å². The largest absolute Gasteiger partial charge is 0.383 e. The van der Waals surface area contributed by atoms with Gasteiger partial charge in [-0.1, -0.05) is 47.5 Å². The zero-order chi connectivity index (χ0) is 25.4. The van der Waals surface area contributed by atoms with E-state index in [9.17, 15) is 4.79 Å². The van der Waals surface area contributed by atoms with Gasteiger partial charge >= 0.3 is 0 Å². The Morgan fingerprint density at radius 2 is 1.89 bits per heavy atom. The standard InChI is InChI=1S/C27H26Cl2N6O/c1-33(19-12-13-19)14-4-7-22(36)34(2)20-5-3-6-21(15-20)35-25(29)23(17-8-10-18(28)11-9-17)24-26(30)31-16-32-27(24)35/h3-11,15-16,19H,12-14H2,1-2H3,(H2,30,31,32). The SMILES string of the molecule is CN(C(=O)C=CCN(C)C1CC1)c1cccc(-n2c(Cl)c(-c3ccc(Cl)cc3)c3c(N)ncnc32)c1. The van der Waals surface area contributed by atoms with E-state index in [-0.39, 0.29) is 5.91 Å². The highest BCUT2D eigenvalue weighted by Gasteiger charge is 2.25. The van der Waals surface area contributed by atoms with Gasteiger partial charge in [-0.15, -0.1) is 0 Å². The molecule has 1 saturated carbocycles. The zero-order valence-electron chi connectivity index (χ0n) is 20.0. The molecule has 0 bridgehead atoms. The Labute approximate surface area is 219 Å². The van der Waals surface area contributed by atoms with Gasteiger partial charge in [0.15, 0.2) is 5.65 Å². The van der Waals surface area contributed by atoms with Crippen molar-refractivity contribution in [3.63, 3.8) is 0 Å². The second-order valence-corrected chi connectivity index (χ2v) is 9.75. The van der Waals surface area contributed by atoms with Crippen LogP contribution >= 0.6 is 23.2 Å². The van der Waals surface area contributed by atoms with Crippen LogP contribution in [0.4, 0.5) is 11.5 Å². The van der Waals surface area contributed by atoms with Crippen LogP contribution in [0.3, 0.4) is 0 Å². The molecule has 0 spiro atoms. The normalized spacial score (nSPS) is 13.7. The van der Waals surface area contributed by atoms with Crippen molar-refractivity contribution in [1.29, 1.82) is 0 Å². The number of rotatable bonds is 7. The van der Waals surface area contributed by atoms with Crippen molar-refractivity contribution < 1.29 is 4.79 Å². The molecule has 0 aliphatic heterocycles. The molecule has 184 valence electrons. The number of carbonyl (C=O) groups is 1. The fourth-order valence-electron chi connectivity index (χ4n) is 4.29. The lowest BCUT2D eigenvalue weighted by molar-refractivity contribution is -0.113. The monoisotopic (exact) mass is 520 g/mol. The Hall–Kier alpha value is -3.39. The predicted molar refractivity (Wildman–Crippen MR) is 147 cm³/mol. The summed E-state index contributed by atoms with van der Waals surface area (Å²) in [6.45, 7) is 0.754. The lowest BCUT2D eigenvalue weighted by Crippen LogP contribution is -2.25. The summed E-state index contributed by atoms with van der Waals surface area (Å²) in [7, 11) is 3.84. The van der Waals surface area contributed by atoms with Crippen molar-refractivity contribution in [3.8, 4) is 16.8 Å². The number of benzene rings is 2. The third-order valence-electron chi connectivity index (χ3n) is 6.48. The minimum atomic E-state index is -0.103. The Kier molecular flexibility index (Phi) is 6.71. The molecule has 5 rings (SSSR count). The van der Waals surface area contributed by atoms with Crippen molar-refractivity contribution in [2.45, 2.75) is 18.9 Å². The highest BCUT2D eigenvalue weighted by molar-refractivity contribution is 6.35. The van der Waals surface area contributed by atoms with Gasteiger partial charge in [0, 0.05) is 42.0 Å². The summed E-state index contributed by atoms with van der Waals surface area (Å²) in [6, 6.07) is 15.6. The molecule has 0 saturated heterocycles. The van der Waals surface area contributed by atoms with E-state index < -0.39 is 0 Å². The molecule has 2 N–H and O–H groups in total. The molecule has 2 heterocycles. The van der Waals surface area contributed by atoms with Gasteiger partial charge < -0.3 is 10.6 Å². The third-order valence-corrected chi connectivity index (χ3v) is 7.09. The number of hydrogen-bond acceptors (Lipinski definition) is 5. The topological polar surface area (TPSA) is 80.3 Å². The molecule has 1 fully saturated rings. The number of hydrogen-bond donors (Lipinski definition) is 1. The maximum atomic E-state index is 12.8. The van der Waals surface area contributed by atoms with Gasteiger partial charge in [0.05, 0.1) is 11.1 Å². The van der Waals surface area contributed by atoms with Crippen LogP contribution in [0.15, 0.2) is 67.0 Å². The molecule has 9 heteroatoms. The smallest absolute Gasteiger partial charge is 0.250 e. The van der Waals surface area contributed by atoms with Crippen LogP contribution in [0.5, 0.6) is 0 Å². The molecule has 4 aromatic rings. The summed E-state index contributed by atoms with van der Waals surface area (Å²) >= 11 is 13.1. The minimum Gasteiger partial charge on any atom is -0.383 e. The second kappa shape index (κ2) is 9.93. The van der Waals surface area contributed by atoms with Gasteiger partial charge in [-0.05, 0) is 55.8 Å². The first kappa shape index (κ1) is 24.3. The molecule has 0 unspecified atom stereocenters. The molecular weight excluding hydrogens is 495 g/mol. The molecule has 2 aromatic heterocycles. The van der Waals surface area contributed by atoms with Crippen LogP contribution in [0.25, 0.3) is 27.8 Å². The Morgan fingerprint density at radius 1 is 1.14 bits per heavy atom. The first-order valence-electron chi connectivity index (χ1n) is 11.7. The third kappa shape index (κ3) is 4.69. The van der Waals surface area contributed by atoms with Crippen LogP contribution in [0.1, 0.15) is 12.8 Å². The fourth-order valence-corrected chi connectivity index (χ4v) is 4.79. The van der Waals surface area contributed by atoms with Crippen LogP contribution in [-0.4, -0.2) is 52.0 Å². The average molecular weight is 521 g/mol. The molecule has 1 amide bonds. The van der Waals surface area contributed by atoms with Crippen LogP contribution in [0, 0.1) is 0 Å². The number of carbonyl (C=O) groups excluding carboxylic acids is 1. The molecule has 0 radical (unpaired) electrons. The summed E-state index contributed by atoms with van der Waals surface area (Å²) in [5, 5.41) is 1.72. The van der Waals surface area contributed by atoms with Crippen LogP contribution < -0.4 is 10.6 Å². The molecular formula is C27H26Cl2N6O. The highest BCUT2D eigenvalue weighted by Crippen LogP contribution is 2.41. The first-order valence-corrected chi connectivity index (χ1v) is 12.4. The maximum Gasteiger partial charge on any atom is 0.250 e. The number of fused-ring (bicyclic) bond motifs is 1. The molecule has 2 aromatic carbocycles. The van der Waals surface area contributed by atoms with Crippen molar-refractivity contribution in [2.75, 3.05) is 31.3 Å². The summed E-state index contributed by atoms with van der Waals surface area (Å²) in [5.41, 5.74) is 9.90. The number of anilines is 2. The Morgan fingerprint density at radius 3 is 2.61 bits per heavy atom. The maximum absolute atomic E-state index is 12.8. The van der Waals surface area contributed by atoms with E-state index in [0.717, 1.165) is 29.0 Å².